The molecule has 28 heavy (non-hydrogen) atoms. The lowest BCUT2D eigenvalue weighted by atomic mass is 10.1. The second kappa shape index (κ2) is 10.9. The largest absolute Gasteiger partial charge is 0.444 e. The lowest BCUT2D eigenvalue weighted by Crippen LogP contribution is -2.43. The maximum atomic E-state index is 12.3. The Kier molecular flexibility index (Phi) is 9.28. The quantitative estimate of drug-likeness (QED) is 0.398. The monoisotopic (exact) mass is 395 g/mol. The molecule has 0 saturated carbocycles. The number of amides is 1. The van der Waals surface area contributed by atoms with E-state index >= 15 is 0 Å². The standard InChI is InChI=1S/C20H37N5O3/c1-14(2)17-12-16(28-24-17)13-23-18(21-8)22-10-9-11-25(15(3)4)19(26)27-20(5,6)7/h12,14-15H,9-11,13H2,1-8H3,(H2,21,22,23). The lowest BCUT2D eigenvalue weighted by molar-refractivity contribution is 0.0190. The van der Waals surface area contributed by atoms with Gasteiger partial charge in [0.05, 0.1) is 12.2 Å². The van der Waals surface area contributed by atoms with Gasteiger partial charge in [-0.15, -0.1) is 0 Å². The summed E-state index contributed by atoms with van der Waals surface area (Å²) in [5.74, 6) is 1.78. The van der Waals surface area contributed by atoms with Gasteiger partial charge in [-0.2, -0.15) is 0 Å². The van der Waals surface area contributed by atoms with Crippen molar-refractivity contribution in [1.29, 1.82) is 0 Å². The number of aromatic nitrogens is 1. The number of hydrogen-bond acceptors (Lipinski definition) is 5. The van der Waals surface area contributed by atoms with Crippen molar-refractivity contribution in [2.45, 2.75) is 79.0 Å². The Morgan fingerprint density at radius 1 is 1.29 bits per heavy atom. The van der Waals surface area contributed by atoms with Gasteiger partial charge in [-0.05, 0) is 47.0 Å². The fourth-order valence-electron chi connectivity index (χ4n) is 2.41. The molecule has 0 aliphatic rings. The average molecular weight is 396 g/mol. The number of carbonyl (C=O) groups excluding carboxylic acids is 1. The van der Waals surface area contributed by atoms with Crippen LogP contribution in [0.2, 0.25) is 0 Å². The molecule has 160 valence electrons. The summed E-state index contributed by atoms with van der Waals surface area (Å²) >= 11 is 0. The molecule has 1 heterocycles. The minimum atomic E-state index is -0.495. The van der Waals surface area contributed by atoms with Crippen molar-refractivity contribution in [3.63, 3.8) is 0 Å². The molecule has 1 amide bonds. The van der Waals surface area contributed by atoms with Crippen LogP contribution < -0.4 is 10.6 Å². The van der Waals surface area contributed by atoms with E-state index in [2.05, 4.69) is 34.6 Å². The molecule has 8 heteroatoms. The van der Waals surface area contributed by atoms with E-state index in [4.69, 9.17) is 9.26 Å². The summed E-state index contributed by atoms with van der Waals surface area (Å²) in [5, 5.41) is 10.5. The van der Waals surface area contributed by atoms with E-state index in [-0.39, 0.29) is 12.1 Å². The van der Waals surface area contributed by atoms with E-state index in [1.807, 2.05) is 40.7 Å². The maximum Gasteiger partial charge on any atom is 0.410 e. The van der Waals surface area contributed by atoms with Gasteiger partial charge >= 0.3 is 6.09 Å². The highest BCUT2D eigenvalue weighted by Crippen LogP contribution is 2.14. The number of guanidine groups is 1. The van der Waals surface area contributed by atoms with Gasteiger partial charge in [0, 0.05) is 32.2 Å². The molecule has 0 bridgehead atoms. The molecule has 8 nitrogen and oxygen atoms in total. The van der Waals surface area contributed by atoms with E-state index in [0.29, 0.717) is 31.5 Å². The summed E-state index contributed by atoms with van der Waals surface area (Å²) in [6.45, 7) is 15.5. The lowest BCUT2D eigenvalue weighted by Gasteiger charge is -2.30. The Hall–Kier alpha value is -2.25. The van der Waals surface area contributed by atoms with E-state index in [1.165, 1.54) is 0 Å². The summed E-state index contributed by atoms with van der Waals surface area (Å²) < 4.78 is 10.8. The van der Waals surface area contributed by atoms with Gasteiger partial charge in [0.25, 0.3) is 0 Å². The van der Waals surface area contributed by atoms with Crippen molar-refractivity contribution in [3.8, 4) is 0 Å². The average Bonchev–Trinajstić information content (AvgIpc) is 3.04. The Bertz CT molecular complexity index is 632. The van der Waals surface area contributed by atoms with Crippen molar-refractivity contribution in [1.82, 2.24) is 20.7 Å². The zero-order valence-electron chi connectivity index (χ0n) is 18.6. The number of hydrogen-bond donors (Lipinski definition) is 2. The van der Waals surface area contributed by atoms with Crippen molar-refractivity contribution in [2.24, 2.45) is 4.99 Å². The Balaban J connectivity index is 2.41. The third kappa shape index (κ3) is 8.63. The van der Waals surface area contributed by atoms with Gasteiger partial charge in [0.2, 0.25) is 0 Å². The third-order valence-corrected chi connectivity index (χ3v) is 3.94. The van der Waals surface area contributed by atoms with Gasteiger partial charge < -0.3 is 24.8 Å². The SMILES string of the molecule is CN=C(NCCCN(C(=O)OC(C)(C)C)C(C)C)NCc1cc(C(C)C)no1. The molecule has 0 spiro atoms. The smallest absolute Gasteiger partial charge is 0.410 e. The van der Waals surface area contributed by atoms with Gasteiger partial charge in [-0.25, -0.2) is 4.79 Å². The topological polar surface area (TPSA) is 92.0 Å². The van der Waals surface area contributed by atoms with Crippen molar-refractivity contribution < 1.29 is 14.1 Å². The van der Waals surface area contributed by atoms with Gasteiger partial charge in [0.1, 0.15) is 5.60 Å². The van der Waals surface area contributed by atoms with Crippen LogP contribution in [0.15, 0.2) is 15.6 Å². The van der Waals surface area contributed by atoms with Crippen LogP contribution in [0.3, 0.4) is 0 Å². The molecule has 0 unspecified atom stereocenters. The normalized spacial score (nSPS) is 12.4. The van der Waals surface area contributed by atoms with E-state index in [0.717, 1.165) is 17.9 Å². The summed E-state index contributed by atoms with van der Waals surface area (Å²) in [6, 6.07) is 2.03. The maximum absolute atomic E-state index is 12.3. The van der Waals surface area contributed by atoms with Crippen LogP contribution in [0, 0.1) is 0 Å². The van der Waals surface area contributed by atoms with Crippen molar-refractivity contribution in [2.75, 3.05) is 20.1 Å². The molecular formula is C20H37N5O3. The highest BCUT2D eigenvalue weighted by atomic mass is 16.6. The van der Waals surface area contributed by atoms with E-state index in [1.54, 1.807) is 11.9 Å². The molecule has 1 rings (SSSR count). The van der Waals surface area contributed by atoms with Crippen LogP contribution in [0.25, 0.3) is 0 Å². The Labute approximate surface area is 169 Å². The first-order valence-electron chi connectivity index (χ1n) is 9.93. The zero-order chi connectivity index (χ0) is 21.3. The van der Waals surface area contributed by atoms with E-state index in [9.17, 15) is 4.79 Å². The van der Waals surface area contributed by atoms with Gasteiger partial charge in [-0.3, -0.25) is 4.99 Å². The predicted octanol–water partition coefficient (Wildman–Crippen LogP) is 3.50. The number of rotatable bonds is 8. The Morgan fingerprint density at radius 3 is 2.46 bits per heavy atom. The number of aliphatic imine (C=N–C) groups is 1. The van der Waals surface area contributed by atoms with Crippen molar-refractivity contribution in [3.05, 3.63) is 17.5 Å². The molecular weight excluding hydrogens is 358 g/mol. The van der Waals surface area contributed by atoms with E-state index < -0.39 is 5.60 Å². The minimum absolute atomic E-state index is 0.0777. The predicted molar refractivity (Wildman–Crippen MR) is 111 cm³/mol. The molecule has 0 atom stereocenters. The molecule has 1 aromatic rings. The van der Waals surface area contributed by atoms with Crippen LogP contribution in [-0.2, 0) is 11.3 Å². The highest BCUT2D eigenvalue weighted by molar-refractivity contribution is 5.79. The van der Waals surface area contributed by atoms with Crippen molar-refractivity contribution >= 4 is 12.1 Å². The fourth-order valence-corrected chi connectivity index (χ4v) is 2.41. The zero-order valence-corrected chi connectivity index (χ0v) is 18.6. The summed E-state index contributed by atoms with van der Waals surface area (Å²) in [7, 11) is 1.72. The summed E-state index contributed by atoms with van der Waals surface area (Å²) in [4.78, 5) is 18.3. The molecule has 0 fully saturated rings. The first-order valence-corrected chi connectivity index (χ1v) is 9.93. The summed E-state index contributed by atoms with van der Waals surface area (Å²) in [6.07, 6.45) is 0.495. The van der Waals surface area contributed by atoms with Crippen LogP contribution in [0.1, 0.15) is 72.3 Å². The fraction of sp³-hybridized carbons (Fsp3) is 0.750. The molecule has 0 aromatic carbocycles. The first-order chi connectivity index (χ1) is 13.0. The highest BCUT2D eigenvalue weighted by Gasteiger charge is 2.23. The number of carbonyl (C=O) groups is 1. The second-order valence-electron chi connectivity index (χ2n) is 8.35. The van der Waals surface area contributed by atoms with Crippen LogP contribution >= 0.6 is 0 Å². The van der Waals surface area contributed by atoms with Crippen LogP contribution in [0.5, 0.6) is 0 Å². The molecule has 1 aromatic heterocycles. The molecule has 0 aliphatic carbocycles. The van der Waals surface area contributed by atoms with Gasteiger partial charge in [0.15, 0.2) is 11.7 Å². The molecule has 0 saturated heterocycles. The van der Waals surface area contributed by atoms with Crippen LogP contribution in [-0.4, -0.2) is 53.9 Å². The molecule has 0 aliphatic heterocycles. The van der Waals surface area contributed by atoms with Gasteiger partial charge in [-0.1, -0.05) is 19.0 Å². The Morgan fingerprint density at radius 2 is 1.96 bits per heavy atom. The summed E-state index contributed by atoms with van der Waals surface area (Å²) in [5.41, 5.74) is 0.445. The minimum Gasteiger partial charge on any atom is -0.444 e. The van der Waals surface area contributed by atoms with Crippen LogP contribution in [0.4, 0.5) is 4.79 Å². The molecule has 0 radical (unpaired) electrons. The number of ether oxygens (including phenoxy) is 1. The number of nitrogens with one attached hydrogen (secondary N) is 2. The first kappa shape index (κ1) is 23.8. The number of nitrogens with zero attached hydrogens (tertiary/aromatic N) is 3. The second-order valence-corrected chi connectivity index (χ2v) is 8.35. The molecule has 2 N–H and O–H groups in total. The third-order valence-electron chi connectivity index (χ3n) is 3.94.